The summed E-state index contributed by atoms with van der Waals surface area (Å²) in [4.78, 5) is 36.0. The van der Waals surface area contributed by atoms with Crippen molar-refractivity contribution in [3.63, 3.8) is 0 Å². The van der Waals surface area contributed by atoms with Gasteiger partial charge in [-0.2, -0.15) is 0 Å². The Bertz CT molecular complexity index is 2160. The van der Waals surface area contributed by atoms with Gasteiger partial charge in [-0.3, -0.25) is 19.4 Å². The van der Waals surface area contributed by atoms with Crippen LogP contribution in [-0.2, 0) is 31.0 Å². The Morgan fingerprint density at radius 3 is 2.18 bits per heavy atom. The highest BCUT2D eigenvalue weighted by atomic mass is 16.5. The van der Waals surface area contributed by atoms with Gasteiger partial charge in [0.25, 0.3) is 5.88 Å². The molecule has 11 heteroatoms. The fourth-order valence-electron chi connectivity index (χ4n) is 9.55. The molecule has 0 bridgehead atoms. The third kappa shape index (κ3) is 6.13. The summed E-state index contributed by atoms with van der Waals surface area (Å²) in [7, 11) is 7.66. The lowest BCUT2D eigenvalue weighted by molar-refractivity contribution is -0.142. The number of hydrogen-bond donors (Lipinski definition) is 2. The minimum atomic E-state index is -2.49. The number of benzene rings is 3. The number of aliphatic hydroxyl groups excluding tert-OH is 1. The largest absolute Gasteiger partial charge is 0.507 e. The van der Waals surface area contributed by atoms with Gasteiger partial charge >= 0.3 is 0 Å². The first-order valence-electron chi connectivity index (χ1n) is 19.2. The number of ether oxygens (including phenoxy) is 2. The van der Waals surface area contributed by atoms with Crippen LogP contribution in [0.25, 0.3) is 5.76 Å². The lowest BCUT2D eigenvalue weighted by Crippen LogP contribution is -2.63. The number of nitrogens with zero attached hydrogens (tertiary/aromatic N) is 4. The van der Waals surface area contributed by atoms with Crippen molar-refractivity contribution >= 4 is 23.0 Å². The Balaban J connectivity index is 1.24. The molecule has 1 saturated carbocycles. The van der Waals surface area contributed by atoms with E-state index in [1.54, 1.807) is 0 Å². The highest BCUT2D eigenvalue weighted by Gasteiger charge is 2.65. The van der Waals surface area contributed by atoms with Gasteiger partial charge in [0.05, 0.1) is 11.6 Å². The molecule has 0 spiro atoms. The van der Waals surface area contributed by atoms with Crippen LogP contribution in [-0.4, -0.2) is 82.6 Å². The molecule has 8 rings (SSSR count). The van der Waals surface area contributed by atoms with Gasteiger partial charge in [0.15, 0.2) is 11.4 Å². The van der Waals surface area contributed by atoms with Crippen molar-refractivity contribution in [3.8, 4) is 11.6 Å². The van der Waals surface area contributed by atoms with Crippen molar-refractivity contribution in [1.29, 1.82) is 0 Å². The Labute approximate surface area is 322 Å². The topological polar surface area (TPSA) is 129 Å². The molecule has 288 valence electrons. The van der Waals surface area contributed by atoms with E-state index in [1.165, 1.54) is 0 Å². The summed E-state index contributed by atoms with van der Waals surface area (Å²) in [6, 6.07) is 20.6. The molecule has 0 unspecified atom stereocenters. The zero-order chi connectivity index (χ0) is 38.8. The number of aliphatic hydroxyl groups is 2. The van der Waals surface area contributed by atoms with E-state index in [0.717, 1.165) is 47.3 Å². The van der Waals surface area contributed by atoms with E-state index in [-0.39, 0.29) is 53.7 Å². The third-order valence-electron chi connectivity index (χ3n) is 12.3. The molecule has 11 nitrogen and oxygen atoms in total. The van der Waals surface area contributed by atoms with Gasteiger partial charge < -0.3 is 29.1 Å². The lowest BCUT2D eigenvalue weighted by Gasteiger charge is -2.49. The molecule has 4 aliphatic rings. The van der Waals surface area contributed by atoms with Crippen molar-refractivity contribution in [2.24, 2.45) is 11.8 Å². The molecule has 3 aliphatic carbocycles. The molecule has 0 amide bonds. The fourth-order valence-corrected chi connectivity index (χ4v) is 9.55. The summed E-state index contributed by atoms with van der Waals surface area (Å²) < 4.78 is 18.4. The Hall–Kier alpha value is -4.97. The Morgan fingerprint density at radius 2 is 1.58 bits per heavy atom. The summed E-state index contributed by atoms with van der Waals surface area (Å²) >= 11 is 0. The van der Waals surface area contributed by atoms with Crippen molar-refractivity contribution in [2.75, 3.05) is 39.6 Å². The average molecular weight is 747 g/mol. The van der Waals surface area contributed by atoms with Gasteiger partial charge in [-0.25, -0.2) is 0 Å². The van der Waals surface area contributed by atoms with E-state index in [1.807, 2.05) is 99.8 Å². The number of carbonyl (C=O) groups is 2. The first kappa shape index (κ1) is 37.0. The Morgan fingerprint density at radius 1 is 0.927 bits per heavy atom. The maximum atomic E-state index is 15.0. The lowest BCUT2D eigenvalue weighted by atomic mass is 9.57. The number of likely N-dealkylation sites (tertiary alicyclic amines) is 1. The minimum absolute atomic E-state index is 0.0285. The molecular formula is C44H50N4O7. The molecule has 55 heavy (non-hydrogen) atoms. The van der Waals surface area contributed by atoms with Gasteiger partial charge in [0, 0.05) is 43.4 Å². The molecule has 1 aromatic heterocycles. The van der Waals surface area contributed by atoms with E-state index < -0.39 is 35.0 Å². The number of ketones is 2. The van der Waals surface area contributed by atoms with Gasteiger partial charge in [0.2, 0.25) is 11.6 Å². The second-order valence-corrected chi connectivity index (χ2v) is 16.6. The van der Waals surface area contributed by atoms with Gasteiger partial charge in [-0.15, -0.1) is 0 Å². The summed E-state index contributed by atoms with van der Waals surface area (Å²) in [5, 5.41) is 29.2. The van der Waals surface area contributed by atoms with Crippen LogP contribution in [0, 0.1) is 11.8 Å². The second kappa shape index (κ2) is 14.0. The molecule has 1 saturated heterocycles. The number of aromatic nitrogens is 1. The molecule has 4 atom stereocenters. The molecule has 2 fully saturated rings. The summed E-state index contributed by atoms with van der Waals surface area (Å²) in [6.45, 7) is 6.59. The van der Waals surface area contributed by atoms with Crippen LogP contribution in [0.3, 0.4) is 0 Å². The molecule has 4 aromatic rings. The van der Waals surface area contributed by atoms with Crippen LogP contribution in [0.15, 0.2) is 76.8 Å². The van der Waals surface area contributed by atoms with E-state index >= 15 is 0 Å². The monoisotopic (exact) mass is 746 g/mol. The number of carbonyl (C=O) groups excluding carboxylic acids is 2. The van der Waals surface area contributed by atoms with Crippen molar-refractivity contribution in [2.45, 2.75) is 76.5 Å². The number of Topliss-reactive ketones (excluding diaryl/α,β-unsaturated/α-hetero) is 2. The number of rotatable bonds is 10. The van der Waals surface area contributed by atoms with Crippen LogP contribution in [0.5, 0.6) is 11.6 Å². The van der Waals surface area contributed by atoms with E-state index in [2.05, 4.69) is 28.8 Å². The van der Waals surface area contributed by atoms with Gasteiger partial charge in [-0.1, -0.05) is 60.7 Å². The standard InChI is InChI=1S/C44H50N4O7/c1-43(2)18-13-19-48(43)23-29-22-32(53-24-26-14-9-7-10-15-26)34-30(36(29)46(3)4)20-28-21-31-37(47(5)6)39-35(41(51)44(31,52)40(50)33(28)38(34)49)42(45-55-39)54-25-27-16-11-8-12-17-27/h7-12,14-17,22,28,31,37,49,52H,13,18-21,23-25H2,1-6H3/t28-,31-,37-,44-/m0/s1. The minimum Gasteiger partial charge on any atom is -0.507 e. The van der Waals surface area contributed by atoms with E-state index in [0.29, 0.717) is 24.3 Å². The molecule has 0 radical (unpaired) electrons. The van der Waals surface area contributed by atoms with Gasteiger partial charge in [-0.05, 0) is 99.6 Å². The van der Waals surface area contributed by atoms with E-state index in [9.17, 15) is 19.8 Å². The number of fused-ring (bicyclic) bond motifs is 4. The first-order chi connectivity index (χ1) is 26.3. The molecule has 2 N–H and O–H groups in total. The summed E-state index contributed by atoms with van der Waals surface area (Å²) in [5.74, 6) is -2.62. The first-order valence-corrected chi connectivity index (χ1v) is 19.2. The van der Waals surface area contributed by atoms with Crippen LogP contribution in [0.1, 0.15) is 83.1 Å². The van der Waals surface area contributed by atoms with Crippen molar-refractivity contribution < 1.29 is 33.8 Å². The Kier molecular flexibility index (Phi) is 9.38. The quantitative estimate of drug-likeness (QED) is 0.172. The third-order valence-corrected chi connectivity index (χ3v) is 12.3. The fraction of sp³-hybridized carbons (Fsp3) is 0.432. The highest BCUT2D eigenvalue weighted by molar-refractivity contribution is 6.26. The molecule has 3 aromatic carbocycles. The van der Waals surface area contributed by atoms with Crippen LogP contribution < -0.4 is 14.4 Å². The van der Waals surface area contributed by atoms with Gasteiger partial charge in [0.1, 0.15) is 30.3 Å². The second-order valence-electron chi connectivity index (χ2n) is 16.6. The molecular weight excluding hydrogens is 697 g/mol. The maximum absolute atomic E-state index is 15.0. The maximum Gasteiger partial charge on any atom is 0.265 e. The summed E-state index contributed by atoms with van der Waals surface area (Å²) in [6.07, 6.45) is 2.87. The van der Waals surface area contributed by atoms with Crippen molar-refractivity contribution in [1.82, 2.24) is 15.0 Å². The smallest absolute Gasteiger partial charge is 0.265 e. The number of hydrogen-bond acceptors (Lipinski definition) is 11. The molecule has 2 heterocycles. The predicted octanol–water partition coefficient (Wildman–Crippen LogP) is 6.53. The van der Waals surface area contributed by atoms with Crippen LogP contribution >= 0.6 is 0 Å². The predicted molar refractivity (Wildman–Crippen MR) is 208 cm³/mol. The van der Waals surface area contributed by atoms with Crippen LogP contribution in [0.4, 0.5) is 5.69 Å². The SMILES string of the molecule is CN(C)c1c(CN2CCCC2(C)C)cc(OCc2ccccc2)c2c1C[C@H]1C[C@H]3[C@H](N(C)C)c4onc(OCc5ccccc5)c4C(=O)[C@@]3(O)C(=O)C1=C2O. The van der Waals surface area contributed by atoms with Crippen molar-refractivity contribution in [3.05, 3.63) is 111 Å². The molecule has 1 aliphatic heterocycles. The highest BCUT2D eigenvalue weighted by Crippen LogP contribution is 2.57. The average Bonchev–Trinajstić information content (AvgIpc) is 3.73. The van der Waals surface area contributed by atoms with Crippen LogP contribution in [0.2, 0.25) is 0 Å². The normalized spacial score (nSPS) is 24.3. The number of anilines is 1. The summed E-state index contributed by atoms with van der Waals surface area (Å²) in [5.41, 5.74) is 2.70. The zero-order valence-corrected chi connectivity index (χ0v) is 32.5. The van der Waals surface area contributed by atoms with E-state index in [4.69, 9.17) is 14.0 Å². The zero-order valence-electron chi connectivity index (χ0n) is 32.5.